The Morgan fingerprint density at radius 3 is 1.74 bits per heavy atom. The summed E-state index contributed by atoms with van der Waals surface area (Å²) >= 11 is 1.79. The van der Waals surface area contributed by atoms with Gasteiger partial charge in [-0.15, -0.1) is 11.3 Å². The molecule has 0 atom stereocenters. The molecule has 0 bridgehead atoms. The van der Waals surface area contributed by atoms with Gasteiger partial charge in [0.25, 0.3) is 0 Å². The number of nitrogens with zero attached hydrogens (tertiary/aromatic N) is 2. The van der Waals surface area contributed by atoms with Crippen molar-refractivity contribution < 1.29 is 0 Å². The molecular formula is C24H26N2S. The zero-order chi connectivity index (χ0) is 19.7. The minimum absolute atomic E-state index is 0.949. The lowest BCUT2D eigenvalue weighted by atomic mass is 10.3. The van der Waals surface area contributed by atoms with Gasteiger partial charge in [-0.05, 0) is 48.9 Å². The highest BCUT2D eigenvalue weighted by molar-refractivity contribution is 7.17. The van der Waals surface area contributed by atoms with Crippen LogP contribution in [0, 0.1) is 0 Å². The molecule has 0 aliphatic rings. The largest absolute Gasteiger partial charge is 0.253 e. The van der Waals surface area contributed by atoms with E-state index in [4.69, 9.17) is 0 Å². The second-order valence-corrected chi connectivity index (χ2v) is 6.09. The van der Waals surface area contributed by atoms with E-state index in [-0.39, 0.29) is 0 Å². The summed E-state index contributed by atoms with van der Waals surface area (Å²) in [4.78, 5) is 8.24. The van der Waals surface area contributed by atoms with Gasteiger partial charge in [-0.2, -0.15) is 0 Å². The van der Waals surface area contributed by atoms with Crippen molar-refractivity contribution in [2.24, 2.45) is 0 Å². The van der Waals surface area contributed by atoms with Crippen LogP contribution in [0.4, 0.5) is 0 Å². The lowest BCUT2D eigenvalue weighted by Crippen LogP contribution is -1.78. The van der Waals surface area contributed by atoms with Crippen molar-refractivity contribution in [2.45, 2.75) is 13.8 Å². The van der Waals surface area contributed by atoms with E-state index in [0.717, 1.165) is 11.0 Å². The van der Waals surface area contributed by atoms with E-state index in [1.54, 1.807) is 35.9 Å². The normalized spacial score (nSPS) is 9.26. The first-order valence-corrected chi connectivity index (χ1v) is 9.53. The van der Waals surface area contributed by atoms with Crippen molar-refractivity contribution in [3.05, 3.63) is 110 Å². The average molecular weight is 375 g/mol. The third-order valence-electron chi connectivity index (χ3n) is 3.24. The molecule has 4 aromatic rings. The maximum absolute atomic E-state index is 4.12. The molecule has 0 saturated carbocycles. The third-order valence-corrected chi connectivity index (χ3v) is 4.14. The van der Waals surface area contributed by atoms with Gasteiger partial charge in [-0.3, -0.25) is 9.97 Å². The number of fused-ring (bicyclic) bond motifs is 2. The maximum Gasteiger partial charge on any atom is 0.0886 e. The van der Waals surface area contributed by atoms with Gasteiger partial charge < -0.3 is 0 Å². The van der Waals surface area contributed by atoms with Gasteiger partial charge in [0.05, 0.1) is 11.0 Å². The molecular weight excluding hydrogens is 348 g/mol. The van der Waals surface area contributed by atoms with Crippen LogP contribution in [0.2, 0.25) is 0 Å². The van der Waals surface area contributed by atoms with Crippen LogP contribution < -0.4 is 0 Å². The van der Waals surface area contributed by atoms with Crippen molar-refractivity contribution in [1.82, 2.24) is 9.97 Å². The quantitative estimate of drug-likeness (QED) is 0.255. The molecule has 3 heteroatoms. The summed E-state index contributed by atoms with van der Waals surface area (Å²) in [5.74, 6) is 0. The Bertz CT molecular complexity index is 849. The van der Waals surface area contributed by atoms with Crippen molar-refractivity contribution in [3.8, 4) is 0 Å². The van der Waals surface area contributed by atoms with E-state index in [1.165, 1.54) is 10.1 Å². The number of benzene rings is 2. The number of hydrogen-bond acceptors (Lipinski definition) is 3. The fourth-order valence-electron chi connectivity index (χ4n) is 1.82. The first-order chi connectivity index (χ1) is 13.3. The van der Waals surface area contributed by atoms with Gasteiger partial charge in [0.1, 0.15) is 0 Å². The minimum atomic E-state index is 0.949. The Morgan fingerprint density at radius 2 is 1.26 bits per heavy atom. The number of para-hydroxylation sites is 2. The summed E-state index contributed by atoms with van der Waals surface area (Å²) in [5, 5.41) is 3.47. The van der Waals surface area contributed by atoms with Crippen LogP contribution in [0.15, 0.2) is 110 Å². The summed E-state index contributed by atoms with van der Waals surface area (Å²) in [5.41, 5.74) is 1.90. The summed E-state index contributed by atoms with van der Waals surface area (Å²) in [6.45, 7) is 10.7. The Balaban J connectivity index is 0.000000198. The molecule has 2 nitrogen and oxygen atoms in total. The monoisotopic (exact) mass is 374 g/mol. The number of allylic oxidation sites excluding steroid dienone is 4. The van der Waals surface area contributed by atoms with Crippen LogP contribution in [0.3, 0.4) is 0 Å². The first-order valence-electron chi connectivity index (χ1n) is 8.65. The van der Waals surface area contributed by atoms with Crippen molar-refractivity contribution in [1.29, 1.82) is 0 Å². The zero-order valence-electron chi connectivity index (χ0n) is 16.0. The second kappa shape index (κ2) is 14.2. The van der Waals surface area contributed by atoms with Crippen LogP contribution in [0.1, 0.15) is 13.8 Å². The van der Waals surface area contributed by atoms with E-state index >= 15 is 0 Å². The molecule has 0 aliphatic heterocycles. The zero-order valence-corrected chi connectivity index (χ0v) is 16.8. The standard InChI is InChI=1S/C8H6N2.C8H6S.C4H8.C4H6/c1-2-4-8-7(3-1)9-5-6-10-8;1-2-4-8-7(3-1)5-6-9-8;2*1-3-4-2/h1-6H;1-6H;3-4H,1-2H3;3-4H,1-2H2/b;;4-3-;. The Kier molecular flexibility index (Phi) is 11.5. The van der Waals surface area contributed by atoms with Crippen LogP contribution in [-0.2, 0) is 0 Å². The molecule has 0 fully saturated rings. The molecule has 27 heavy (non-hydrogen) atoms. The highest BCUT2D eigenvalue weighted by Crippen LogP contribution is 2.18. The van der Waals surface area contributed by atoms with E-state index in [2.05, 4.69) is 58.8 Å². The Morgan fingerprint density at radius 1 is 0.741 bits per heavy atom. The molecule has 0 N–H and O–H groups in total. The fourth-order valence-corrected chi connectivity index (χ4v) is 2.61. The molecule has 0 spiro atoms. The molecule has 2 aromatic carbocycles. The topological polar surface area (TPSA) is 25.8 Å². The molecule has 0 unspecified atom stereocenters. The van der Waals surface area contributed by atoms with Crippen molar-refractivity contribution in [3.63, 3.8) is 0 Å². The molecule has 2 aromatic heterocycles. The molecule has 0 saturated heterocycles. The number of hydrogen-bond donors (Lipinski definition) is 0. The van der Waals surface area contributed by atoms with Crippen LogP contribution in [0.25, 0.3) is 21.1 Å². The summed E-state index contributed by atoms with van der Waals surface area (Å²) in [7, 11) is 0. The summed E-state index contributed by atoms with van der Waals surface area (Å²) in [6, 6.07) is 18.3. The number of thiophene rings is 1. The fraction of sp³-hybridized carbons (Fsp3) is 0.0833. The average Bonchev–Trinajstić information content (AvgIpc) is 3.23. The predicted octanol–water partition coefficient (Wildman–Crippen LogP) is 7.47. The highest BCUT2D eigenvalue weighted by atomic mass is 32.1. The Labute approximate surface area is 166 Å². The van der Waals surface area contributed by atoms with E-state index < -0.39 is 0 Å². The smallest absolute Gasteiger partial charge is 0.0886 e. The van der Waals surface area contributed by atoms with Gasteiger partial charge in [0.2, 0.25) is 0 Å². The molecule has 0 amide bonds. The number of aromatic nitrogens is 2. The minimum Gasteiger partial charge on any atom is -0.253 e. The van der Waals surface area contributed by atoms with Crippen molar-refractivity contribution in [2.75, 3.05) is 0 Å². The SMILES string of the molecule is C/C=C\C.C=CC=C.c1ccc2nccnc2c1.c1ccc2sccc2c1. The van der Waals surface area contributed by atoms with Gasteiger partial charge in [-0.1, -0.05) is 67.8 Å². The van der Waals surface area contributed by atoms with Gasteiger partial charge in [-0.25, -0.2) is 0 Å². The number of rotatable bonds is 1. The van der Waals surface area contributed by atoms with Crippen molar-refractivity contribution >= 4 is 32.5 Å². The molecule has 0 radical (unpaired) electrons. The lowest BCUT2D eigenvalue weighted by Gasteiger charge is -1.90. The maximum atomic E-state index is 4.12. The second-order valence-electron chi connectivity index (χ2n) is 5.14. The van der Waals surface area contributed by atoms with E-state index in [0.29, 0.717) is 0 Å². The van der Waals surface area contributed by atoms with E-state index in [1.807, 2.05) is 50.3 Å². The third kappa shape index (κ3) is 8.75. The van der Waals surface area contributed by atoms with E-state index in [9.17, 15) is 0 Å². The van der Waals surface area contributed by atoms with Gasteiger partial charge in [0, 0.05) is 17.1 Å². The molecule has 0 aliphatic carbocycles. The summed E-state index contributed by atoms with van der Waals surface area (Å²) in [6.07, 6.45) is 10.7. The molecule has 138 valence electrons. The molecule has 4 rings (SSSR count). The van der Waals surface area contributed by atoms with Gasteiger partial charge in [0.15, 0.2) is 0 Å². The predicted molar refractivity (Wildman–Crippen MR) is 122 cm³/mol. The Hall–Kier alpha value is -3.04. The van der Waals surface area contributed by atoms with Crippen LogP contribution in [0.5, 0.6) is 0 Å². The highest BCUT2D eigenvalue weighted by Gasteiger charge is 1.88. The van der Waals surface area contributed by atoms with Crippen LogP contribution in [-0.4, -0.2) is 9.97 Å². The first kappa shape index (κ1) is 22.0. The van der Waals surface area contributed by atoms with Gasteiger partial charge >= 0.3 is 0 Å². The molecule has 2 heterocycles. The van der Waals surface area contributed by atoms with Crippen LogP contribution >= 0.6 is 11.3 Å². The lowest BCUT2D eigenvalue weighted by molar-refractivity contribution is 1.29. The summed E-state index contributed by atoms with van der Waals surface area (Å²) < 4.78 is 1.37.